The molecule has 0 heterocycles. The zero-order valence-corrected chi connectivity index (χ0v) is 24.3. The van der Waals surface area contributed by atoms with Crippen LogP contribution < -0.4 is 16.0 Å². The predicted octanol–water partition coefficient (Wildman–Crippen LogP) is 3.84. The summed E-state index contributed by atoms with van der Waals surface area (Å²) in [6.45, 7) is 11.6. The molecule has 0 unspecified atom stereocenters. The van der Waals surface area contributed by atoms with Crippen LogP contribution in [0.4, 0.5) is 9.59 Å². The Bertz CT molecular complexity index is 910. The second kappa shape index (κ2) is 16.6. The fourth-order valence-corrected chi connectivity index (χ4v) is 3.34. The molecule has 0 aliphatic heterocycles. The van der Waals surface area contributed by atoms with Crippen LogP contribution >= 0.6 is 0 Å². The molecule has 1 aromatic rings. The Labute approximate surface area is 231 Å². The number of carbonyl (C=O) groups excluding carboxylic acids is 4. The largest absolute Gasteiger partial charge is 0.467 e. The number of ether oxygens (including phenoxy) is 4. The second-order valence-corrected chi connectivity index (χ2v) is 11.0. The number of alkyl carbamates (subject to hydrolysis) is 2. The summed E-state index contributed by atoms with van der Waals surface area (Å²) >= 11 is 0. The van der Waals surface area contributed by atoms with Crippen molar-refractivity contribution in [3.05, 3.63) is 35.9 Å². The Morgan fingerprint density at radius 3 is 1.92 bits per heavy atom. The first-order valence-electron chi connectivity index (χ1n) is 13.2. The van der Waals surface area contributed by atoms with Crippen LogP contribution in [-0.2, 0) is 35.1 Å². The Kier molecular flexibility index (Phi) is 14.3. The summed E-state index contributed by atoms with van der Waals surface area (Å²) in [5.41, 5.74) is -0.555. The SMILES string of the molecule is COC(=O)[C@H](CCCCNCC[C@H](NC(=O)OCc1ccccc1)C(=O)OC(C)(C)C)NC(=O)OC(C)(C)C. The maximum absolute atomic E-state index is 12.7. The third-order valence-electron chi connectivity index (χ3n) is 5.08. The van der Waals surface area contributed by atoms with E-state index in [-0.39, 0.29) is 6.61 Å². The highest BCUT2D eigenvalue weighted by atomic mass is 16.6. The molecule has 0 fully saturated rings. The van der Waals surface area contributed by atoms with Gasteiger partial charge in [-0.15, -0.1) is 0 Å². The molecule has 220 valence electrons. The molecule has 3 N–H and O–H groups in total. The van der Waals surface area contributed by atoms with Crippen LogP contribution in [0.2, 0.25) is 0 Å². The molecular formula is C28H45N3O8. The van der Waals surface area contributed by atoms with Crippen molar-refractivity contribution in [1.82, 2.24) is 16.0 Å². The number of esters is 2. The van der Waals surface area contributed by atoms with Gasteiger partial charge in [0.05, 0.1) is 7.11 Å². The van der Waals surface area contributed by atoms with Gasteiger partial charge in [-0.1, -0.05) is 30.3 Å². The van der Waals surface area contributed by atoms with Gasteiger partial charge in [0.1, 0.15) is 29.9 Å². The van der Waals surface area contributed by atoms with Gasteiger partial charge in [0.2, 0.25) is 0 Å². The highest BCUT2D eigenvalue weighted by Gasteiger charge is 2.27. The van der Waals surface area contributed by atoms with Crippen molar-refractivity contribution in [3.8, 4) is 0 Å². The number of amides is 2. The molecule has 2 atom stereocenters. The van der Waals surface area contributed by atoms with Crippen molar-refractivity contribution < 1.29 is 38.1 Å². The van der Waals surface area contributed by atoms with E-state index in [4.69, 9.17) is 18.9 Å². The maximum atomic E-state index is 12.7. The van der Waals surface area contributed by atoms with Crippen molar-refractivity contribution in [3.63, 3.8) is 0 Å². The fraction of sp³-hybridized carbons (Fsp3) is 0.643. The first kappa shape index (κ1) is 33.7. The average molecular weight is 552 g/mol. The molecule has 0 saturated heterocycles. The van der Waals surface area contributed by atoms with Crippen LogP contribution in [0.25, 0.3) is 0 Å². The van der Waals surface area contributed by atoms with Gasteiger partial charge < -0.3 is 34.9 Å². The Balaban J connectivity index is 2.49. The molecule has 0 radical (unpaired) electrons. The predicted molar refractivity (Wildman–Crippen MR) is 146 cm³/mol. The van der Waals surface area contributed by atoms with Crippen molar-refractivity contribution >= 4 is 24.1 Å². The van der Waals surface area contributed by atoms with Gasteiger partial charge in [0.25, 0.3) is 0 Å². The fourth-order valence-electron chi connectivity index (χ4n) is 3.34. The van der Waals surface area contributed by atoms with Crippen molar-refractivity contribution in [1.29, 1.82) is 0 Å². The number of hydrogen-bond acceptors (Lipinski definition) is 9. The minimum atomic E-state index is -0.887. The summed E-state index contributed by atoms with van der Waals surface area (Å²) in [5, 5.41) is 8.38. The molecule has 39 heavy (non-hydrogen) atoms. The van der Waals surface area contributed by atoms with E-state index in [1.807, 2.05) is 30.3 Å². The lowest BCUT2D eigenvalue weighted by molar-refractivity contribution is -0.157. The van der Waals surface area contributed by atoms with Gasteiger partial charge in [0, 0.05) is 0 Å². The molecular weight excluding hydrogens is 506 g/mol. The quantitative estimate of drug-likeness (QED) is 0.179. The lowest BCUT2D eigenvalue weighted by Gasteiger charge is -2.24. The Morgan fingerprint density at radius 2 is 1.33 bits per heavy atom. The summed E-state index contributed by atoms with van der Waals surface area (Å²) in [5.74, 6) is -1.09. The lowest BCUT2D eigenvalue weighted by Crippen LogP contribution is -2.45. The molecule has 11 heteroatoms. The monoisotopic (exact) mass is 551 g/mol. The molecule has 0 saturated carbocycles. The number of unbranched alkanes of at least 4 members (excludes halogenated alkanes) is 1. The molecule has 0 bridgehead atoms. The van der Waals surface area contributed by atoms with E-state index in [2.05, 4.69) is 16.0 Å². The summed E-state index contributed by atoms with van der Waals surface area (Å²) in [4.78, 5) is 49.1. The number of methoxy groups -OCH3 is 1. The molecule has 0 spiro atoms. The van der Waals surface area contributed by atoms with Crippen LogP contribution in [0, 0.1) is 0 Å². The maximum Gasteiger partial charge on any atom is 0.408 e. The van der Waals surface area contributed by atoms with Crippen molar-refractivity contribution in [2.24, 2.45) is 0 Å². The molecule has 1 rings (SSSR count). The van der Waals surface area contributed by atoms with Crippen LogP contribution in [0.1, 0.15) is 72.8 Å². The number of carbonyl (C=O) groups is 4. The summed E-state index contributed by atoms with van der Waals surface area (Å²) in [6.07, 6.45) is 0.610. The lowest BCUT2D eigenvalue weighted by atomic mass is 10.1. The van der Waals surface area contributed by atoms with Gasteiger partial charge in [-0.25, -0.2) is 19.2 Å². The topological polar surface area (TPSA) is 141 Å². The summed E-state index contributed by atoms with van der Waals surface area (Å²) in [6, 6.07) is 7.53. The number of nitrogens with one attached hydrogen (secondary N) is 3. The highest BCUT2D eigenvalue weighted by Crippen LogP contribution is 2.11. The minimum absolute atomic E-state index is 0.0846. The normalized spacial score (nSPS) is 13.0. The molecule has 2 amide bonds. The van der Waals surface area contributed by atoms with E-state index in [1.54, 1.807) is 41.5 Å². The van der Waals surface area contributed by atoms with Crippen molar-refractivity contribution in [2.75, 3.05) is 20.2 Å². The third kappa shape index (κ3) is 16.3. The van der Waals surface area contributed by atoms with E-state index in [0.29, 0.717) is 38.8 Å². The van der Waals surface area contributed by atoms with Crippen LogP contribution in [0.15, 0.2) is 30.3 Å². The molecule has 1 aromatic carbocycles. The number of rotatable bonds is 14. The first-order chi connectivity index (χ1) is 18.2. The number of hydrogen-bond donors (Lipinski definition) is 3. The number of benzene rings is 1. The summed E-state index contributed by atoms with van der Waals surface area (Å²) in [7, 11) is 1.26. The Hall–Kier alpha value is -3.34. The zero-order chi connectivity index (χ0) is 29.5. The van der Waals surface area contributed by atoms with Crippen LogP contribution in [0.3, 0.4) is 0 Å². The van der Waals surface area contributed by atoms with Crippen LogP contribution in [0.5, 0.6) is 0 Å². The van der Waals surface area contributed by atoms with Crippen molar-refractivity contribution in [2.45, 2.75) is 97.1 Å². The molecule has 0 aromatic heterocycles. The van der Waals surface area contributed by atoms with E-state index < -0.39 is 47.4 Å². The molecule has 0 aliphatic carbocycles. The van der Waals surface area contributed by atoms with Gasteiger partial charge >= 0.3 is 24.1 Å². The van der Waals surface area contributed by atoms with Gasteiger partial charge in [-0.3, -0.25) is 0 Å². The van der Waals surface area contributed by atoms with Crippen LogP contribution in [-0.4, -0.2) is 67.6 Å². The van der Waals surface area contributed by atoms with Gasteiger partial charge in [-0.2, -0.15) is 0 Å². The van der Waals surface area contributed by atoms with Gasteiger partial charge in [-0.05, 0) is 85.9 Å². The van der Waals surface area contributed by atoms with E-state index >= 15 is 0 Å². The minimum Gasteiger partial charge on any atom is -0.467 e. The standard InChI is InChI=1S/C28H45N3O8/c1-27(2,3)38-24(33)22(30-25(34)37-19-20-13-9-8-10-14-20)16-18-29-17-12-11-15-21(23(32)36-7)31-26(35)39-28(4,5)6/h8-10,13-14,21-22,29H,11-12,15-19H2,1-7H3,(H,30,34)(H,31,35)/t21-,22-/m0/s1. The smallest absolute Gasteiger partial charge is 0.408 e. The molecule has 11 nitrogen and oxygen atoms in total. The Morgan fingerprint density at radius 1 is 0.744 bits per heavy atom. The second-order valence-electron chi connectivity index (χ2n) is 11.0. The third-order valence-corrected chi connectivity index (χ3v) is 5.08. The highest BCUT2D eigenvalue weighted by molar-refractivity contribution is 5.82. The average Bonchev–Trinajstić information content (AvgIpc) is 2.83. The van der Waals surface area contributed by atoms with E-state index in [9.17, 15) is 19.2 Å². The van der Waals surface area contributed by atoms with E-state index in [0.717, 1.165) is 5.56 Å². The first-order valence-corrected chi connectivity index (χ1v) is 13.2. The molecule has 0 aliphatic rings. The van der Waals surface area contributed by atoms with E-state index in [1.165, 1.54) is 7.11 Å². The summed E-state index contributed by atoms with van der Waals surface area (Å²) < 4.78 is 20.7. The zero-order valence-electron chi connectivity index (χ0n) is 24.3. The van der Waals surface area contributed by atoms with Gasteiger partial charge in [0.15, 0.2) is 0 Å².